The van der Waals surface area contributed by atoms with Gasteiger partial charge in [-0.2, -0.15) is 5.10 Å². The van der Waals surface area contributed by atoms with E-state index in [-0.39, 0.29) is 22.7 Å². The van der Waals surface area contributed by atoms with Crippen molar-refractivity contribution in [2.75, 3.05) is 7.11 Å². The summed E-state index contributed by atoms with van der Waals surface area (Å²) in [6, 6.07) is 10.9. The zero-order valence-electron chi connectivity index (χ0n) is 13.8. The lowest BCUT2D eigenvalue weighted by atomic mass is 10.1. The minimum Gasteiger partial charge on any atom is -0.504 e. The number of hydrogen-bond donors (Lipinski definition) is 2. The number of ether oxygens (including phenoxy) is 1. The third kappa shape index (κ3) is 4.40. The molecule has 0 aliphatic carbocycles. The first kappa shape index (κ1) is 17.9. The number of hydrogen-bond acceptors (Lipinski definition) is 6. The summed E-state index contributed by atoms with van der Waals surface area (Å²) in [4.78, 5) is 12.0. The Morgan fingerprint density at radius 1 is 1.31 bits per heavy atom. The van der Waals surface area contributed by atoms with Gasteiger partial charge in [-0.1, -0.05) is 23.9 Å². The molecule has 6 nitrogen and oxygen atoms in total. The Balaban J connectivity index is 1.63. The average molecular weight is 373 g/mol. The van der Waals surface area contributed by atoms with Crippen molar-refractivity contribution >= 4 is 29.1 Å². The van der Waals surface area contributed by atoms with E-state index >= 15 is 0 Å². The predicted octanol–water partition coefficient (Wildman–Crippen LogP) is 2.70. The Bertz CT molecular complexity index is 868. The molecule has 0 aromatic heterocycles. The number of amidine groups is 1. The quantitative estimate of drug-likeness (QED) is 0.624. The van der Waals surface area contributed by atoms with Gasteiger partial charge in [-0.05, 0) is 47.9 Å². The van der Waals surface area contributed by atoms with Crippen molar-refractivity contribution in [1.29, 1.82) is 0 Å². The topological polar surface area (TPSA) is 83.3 Å². The van der Waals surface area contributed by atoms with E-state index in [4.69, 9.17) is 4.74 Å². The number of rotatable bonds is 5. The van der Waals surface area contributed by atoms with Crippen molar-refractivity contribution in [3.05, 3.63) is 59.4 Å². The summed E-state index contributed by atoms with van der Waals surface area (Å²) in [5.74, 6) is -0.0815. The molecule has 1 saturated heterocycles. The third-order valence-electron chi connectivity index (χ3n) is 3.67. The van der Waals surface area contributed by atoms with Crippen molar-refractivity contribution < 1.29 is 19.0 Å². The molecular weight excluding hydrogens is 357 g/mol. The van der Waals surface area contributed by atoms with E-state index in [0.29, 0.717) is 22.9 Å². The summed E-state index contributed by atoms with van der Waals surface area (Å²) in [5.41, 5.74) is 1.57. The van der Waals surface area contributed by atoms with Gasteiger partial charge in [0.05, 0.1) is 18.6 Å². The highest BCUT2D eigenvalue weighted by Gasteiger charge is 2.30. The summed E-state index contributed by atoms with van der Waals surface area (Å²) < 4.78 is 18.0. The van der Waals surface area contributed by atoms with E-state index in [2.05, 4.69) is 15.5 Å². The van der Waals surface area contributed by atoms with Gasteiger partial charge in [0.15, 0.2) is 16.7 Å². The second-order valence-corrected chi connectivity index (χ2v) is 6.70. The molecule has 0 radical (unpaired) electrons. The lowest BCUT2D eigenvalue weighted by molar-refractivity contribution is -0.118. The minimum absolute atomic E-state index is 0.0400. The van der Waals surface area contributed by atoms with Crippen LogP contribution in [0.25, 0.3) is 0 Å². The van der Waals surface area contributed by atoms with Crippen molar-refractivity contribution in [3.63, 3.8) is 0 Å². The van der Waals surface area contributed by atoms with E-state index in [1.807, 2.05) is 0 Å². The van der Waals surface area contributed by atoms with Gasteiger partial charge in [-0.3, -0.25) is 4.79 Å². The Hall–Kier alpha value is -2.87. The maximum absolute atomic E-state index is 12.9. The molecule has 0 saturated carbocycles. The van der Waals surface area contributed by atoms with E-state index in [1.165, 1.54) is 43.3 Å². The van der Waals surface area contributed by atoms with E-state index in [0.717, 1.165) is 5.56 Å². The lowest BCUT2D eigenvalue weighted by Gasteiger charge is -2.04. The first-order chi connectivity index (χ1) is 12.5. The number of carbonyl (C=O) groups excluding carboxylic acids is 1. The van der Waals surface area contributed by atoms with Gasteiger partial charge < -0.3 is 15.2 Å². The second kappa shape index (κ2) is 8.01. The Morgan fingerprint density at radius 2 is 2.08 bits per heavy atom. The largest absolute Gasteiger partial charge is 0.504 e. The molecule has 1 unspecified atom stereocenters. The van der Waals surface area contributed by atoms with Gasteiger partial charge in [0.25, 0.3) is 0 Å². The predicted molar refractivity (Wildman–Crippen MR) is 99.3 cm³/mol. The molecule has 3 rings (SSSR count). The van der Waals surface area contributed by atoms with Crippen LogP contribution in [-0.2, 0) is 11.2 Å². The molecule has 1 aliphatic heterocycles. The average Bonchev–Trinajstić information content (AvgIpc) is 2.98. The molecule has 1 heterocycles. The molecule has 2 aromatic rings. The van der Waals surface area contributed by atoms with Gasteiger partial charge in [-0.25, -0.2) is 4.39 Å². The highest BCUT2D eigenvalue weighted by atomic mass is 32.2. The van der Waals surface area contributed by atoms with Crippen LogP contribution >= 0.6 is 11.8 Å². The number of methoxy groups -OCH3 is 1. The lowest BCUT2D eigenvalue weighted by Crippen LogP contribution is -2.25. The molecule has 1 amide bonds. The summed E-state index contributed by atoms with van der Waals surface area (Å²) in [7, 11) is 1.46. The van der Waals surface area contributed by atoms with Gasteiger partial charge in [0, 0.05) is 0 Å². The Labute approximate surface area is 153 Å². The monoisotopic (exact) mass is 373 g/mol. The van der Waals surface area contributed by atoms with Crippen LogP contribution in [0.4, 0.5) is 4.39 Å². The van der Waals surface area contributed by atoms with Gasteiger partial charge >= 0.3 is 0 Å². The molecule has 1 atom stereocenters. The highest BCUT2D eigenvalue weighted by Crippen LogP contribution is 2.26. The maximum Gasteiger partial charge on any atom is 0.239 e. The number of phenols is 1. The number of nitrogens with zero attached hydrogens (tertiary/aromatic N) is 2. The maximum atomic E-state index is 12.9. The Kier molecular flexibility index (Phi) is 5.52. The van der Waals surface area contributed by atoms with Crippen molar-refractivity contribution in [3.8, 4) is 11.5 Å². The first-order valence-corrected chi connectivity index (χ1v) is 8.63. The molecule has 0 bridgehead atoms. The van der Waals surface area contributed by atoms with Crippen LogP contribution in [0.5, 0.6) is 11.5 Å². The number of nitrogens with one attached hydrogen (secondary N) is 1. The zero-order chi connectivity index (χ0) is 18.5. The second-order valence-electron chi connectivity index (χ2n) is 5.51. The highest BCUT2D eigenvalue weighted by molar-refractivity contribution is 8.15. The van der Waals surface area contributed by atoms with Crippen LogP contribution in [-0.4, -0.2) is 34.8 Å². The molecule has 1 aliphatic rings. The smallest absolute Gasteiger partial charge is 0.239 e. The van der Waals surface area contributed by atoms with Crippen LogP contribution in [0.2, 0.25) is 0 Å². The van der Waals surface area contributed by atoms with Gasteiger partial charge in [0.1, 0.15) is 5.82 Å². The minimum atomic E-state index is -0.330. The van der Waals surface area contributed by atoms with Crippen LogP contribution in [0.15, 0.2) is 52.7 Å². The first-order valence-electron chi connectivity index (χ1n) is 7.75. The van der Waals surface area contributed by atoms with Crippen LogP contribution in [0.1, 0.15) is 11.1 Å². The van der Waals surface area contributed by atoms with Crippen LogP contribution in [0.3, 0.4) is 0 Å². The molecule has 8 heteroatoms. The fourth-order valence-electron chi connectivity index (χ4n) is 2.34. The number of thioether (sulfide) groups is 1. The number of carbonyl (C=O) groups is 1. The van der Waals surface area contributed by atoms with Crippen molar-refractivity contribution in [1.82, 2.24) is 5.32 Å². The van der Waals surface area contributed by atoms with Crippen LogP contribution in [0, 0.1) is 5.82 Å². The zero-order valence-corrected chi connectivity index (χ0v) is 14.7. The Morgan fingerprint density at radius 3 is 2.81 bits per heavy atom. The van der Waals surface area contributed by atoms with Crippen molar-refractivity contribution in [2.45, 2.75) is 11.7 Å². The third-order valence-corrected chi connectivity index (χ3v) is 4.74. The normalized spacial score (nSPS) is 18.5. The summed E-state index contributed by atoms with van der Waals surface area (Å²) in [5, 5.41) is 20.3. The van der Waals surface area contributed by atoms with Gasteiger partial charge in [-0.15, -0.1) is 5.10 Å². The molecule has 134 valence electrons. The van der Waals surface area contributed by atoms with E-state index < -0.39 is 0 Å². The molecule has 0 spiro atoms. The fourth-order valence-corrected chi connectivity index (χ4v) is 3.31. The van der Waals surface area contributed by atoms with Gasteiger partial charge in [0.2, 0.25) is 5.91 Å². The SMILES string of the molecule is COc1cc(C=NN=C2NC(=O)C(Cc3ccc(F)cc3)S2)ccc1O. The molecule has 2 N–H and O–H groups in total. The molecule has 26 heavy (non-hydrogen) atoms. The summed E-state index contributed by atoms with van der Waals surface area (Å²) in [6.07, 6.45) is 1.98. The van der Waals surface area contributed by atoms with E-state index in [1.54, 1.807) is 24.3 Å². The molecule has 1 fully saturated rings. The number of benzene rings is 2. The van der Waals surface area contributed by atoms with Crippen molar-refractivity contribution in [2.24, 2.45) is 10.2 Å². The number of amides is 1. The summed E-state index contributed by atoms with van der Waals surface area (Å²) >= 11 is 1.28. The number of halogens is 1. The fraction of sp³-hybridized carbons (Fsp3) is 0.167. The van der Waals surface area contributed by atoms with Crippen LogP contribution < -0.4 is 10.1 Å². The van der Waals surface area contributed by atoms with E-state index in [9.17, 15) is 14.3 Å². The number of aromatic hydroxyl groups is 1. The summed E-state index contributed by atoms with van der Waals surface area (Å²) in [6.45, 7) is 0. The standard InChI is InChI=1S/C18H16FN3O3S/c1-25-15-8-12(4-7-14(15)23)10-20-22-18-21-17(24)16(26-18)9-11-2-5-13(19)6-3-11/h2-8,10,16,23H,9H2,1H3,(H,21,22,24). The number of phenolic OH excluding ortho intramolecular Hbond substituents is 1. The molecule has 2 aromatic carbocycles. The molecular formula is C18H16FN3O3S.